The Kier molecular flexibility index (Phi) is 10.2. The summed E-state index contributed by atoms with van der Waals surface area (Å²) in [7, 11) is 0. The van der Waals surface area contributed by atoms with Crippen LogP contribution in [0.15, 0.2) is 0 Å². The van der Waals surface area contributed by atoms with Gasteiger partial charge in [0, 0.05) is 19.1 Å². The lowest BCUT2D eigenvalue weighted by molar-refractivity contribution is -0.141. The molecule has 2 N–H and O–H groups in total. The van der Waals surface area contributed by atoms with Crippen LogP contribution in [0.25, 0.3) is 0 Å². The summed E-state index contributed by atoms with van der Waals surface area (Å²) in [4.78, 5) is 22.2. The van der Waals surface area contributed by atoms with Gasteiger partial charge >= 0.3 is 5.97 Å². The average Bonchev–Trinajstić information content (AvgIpc) is 2.34. The Balaban J connectivity index is 3.59. The second-order valence-corrected chi connectivity index (χ2v) is 5.00. The zero-order valence-corrected chi connectivity index (χ0v) is 12.3. The maximum Gasteiger partial charge on any atom is 0.306 e. The second kappa shape index (κ2) is 10.8. The topological polar surface area (TPSA) is 75.6 Å². The first-order valence-corrected chi connectivity index (χ1v) is 7.07. The van der Waals surface area contributed by atoms with Gasteiger partial charge in [-0.05, 0) is 26.2 Å². The Bertz CT molecular complexity index is 268. The van der Waals surface area contributed by atoms with Gasteiger partial charge in [0.1, 0.15) is 0 Å². The number of nitrogens with one attached hydrogen (secondary N) is 1. The van der Waals surface area contributed by atoms with Gasteiger partial charge in [0.25, 0.3) is 0 Å². The van der Waals surface area contributed by atoms with E-state index in [1.165, 1.54) is 0 Å². The number of carboxylic acid groups (broad SMARTS) is 1. The number of hydrogen-bond donors (Lipinski definition) is 2. The van der Waals surface area contributed by atoms with Crippen molar-refractivity contribution in [1.29, 1.82) is 0 Å². The highest BCUT2D eigenvalue weighted by molar-refractivity contribution is 5.76. The van der Waals surface area contributed by atoms with Crippen LogP contribution >= 0.6 is 0 Å². The summed E-state index contributed by atoms with van der Waals surface area (Å²) in [5.41, 5.74) is 0. The van der Waals surface area contributed by atoms with E-state index in [1.54, 1.807) is 6.92 Å². The maximum absolute atomic E-state index is 11.5. The Labute approximate surface area is 115 Å². The Morgan fingerprint density at radius 3 is 2.47 bits per heavy atom. The standard InChI is InChI=1S/C14H27NO4/c1-4-9-19-10-8-13(16)15-12(3)7-5-6-11(2)14(17)18/h11-12H,4-10H2,1-3H3,(H,15,16)(H,17,18). The van der Waals surface area contributed by atoms with Crippen molar-refractivity contribution in [2.45, 2.75) is 58.9 Å². The number of ether oxygens (including phenoxy) is 1. The van der Waals surface area contributed by atoms with Crippen LogP contribution in [0.5, 0.6) is 0 Å². The predicted octanol–water partition coefficient (Wildman–Crippen LogP) is 2.20. The molecule has 0 fully saturated rings. The average molecular weight is 273 g/mol. The van der Waals surface area contributed by atoms with Gasteiger partial charge in [0.15, 0.2) is 0 Å². The van der Waals surface area contributed by atoms with E-state index in [0.29, 0.717) is 26.1 Å². The normalized spacial score (nSPS) is 13.8. The molecule has 112 valence electrons. The third-order valence-electron chi connectivity index (χ3n) is 2.93. The summed E-state index contributed by atoms with van der Waals surface area (Å²) in [6, 6.07) is 0.0830. The number of amides is 1. The zero-order chi connectivity index (χ0) is 14.7. The fourth-order valence-electron chi connectivity index (χ4n) is 1.68. The molecule has 0 radical (unpaired) electrons. The molecule has 19 heavy (non-hydrogen) atoms. The number of rotatable bonds is 11. The van der Waals surface area contributed by atoms with Crippen molar-refractivity contribution in [3.8, 4) is 0 Å². The van der Waals surface area contributed by atoms with Crippen LogP contribution in [0.4, 0.5) is 0 Å². The molecular weight excluding hydrogens is 246 g/mol. The minimum absolute atomic E-state index is 0.00474. The molecule has 0 bridgehead atoms. The summed E-state index contributed by atoms with van der Waals surface area (Å²) < 4.78 is 5.25. The molecule has 0 heterocycles. The SMILES string of the molecule is CCCOCCC(=O)NC(C)CCCC(C)C(=O)O. The molecule has 0 aliphatic rings. The Morgan fingerprint density at radius 1 is 1.21 bits per heavy atom. The zero-order valence-electron chi connectivity index (χ0n) is 12.3. The van der Waals surface area contributed by atoms with Crippen LogP contribution in [-0.4, -0.2) is 36.2 Å². The highest BCUT2D eigenvalue weighted by Crippen LogP contribution is 2.09. The molecular formula is C14H27NO4. The third-order valence-corrected chi connectivity index (χ3v) is 2.93. The molecule has 1 amide bonds. The largest absolute Gasteiger partial charge is 0.481 e. The molecule has 2 atom stereocenters. The first-order valence-electron chi connectivity index (χ1n) is 7.07. The van der Waals surface area contributed by atoms with Crippen LogP contribution in [-0.2, 0) is 14.3 Å². The van der Waals surface area contributed by atoms with Gasteiger partial charge in [-0.15, -0.1) is 0 Å². The molecule has 0 aromatic rings. The van der Waals surface area contributed by atoms with E-state index in [9.17, 15) is 9.59 Å². The highest BCUT2D eigenvalue weighted by atomic mass is 16.5. The Morgan fingerprint density at radius 2 is 1.89 bits per heavy atom. The number of hydrogen-bond acceptors (Lipinski definition) is 3. The van der Waals surface area contributed by atoms with Crippen LogP contribution in [0, 0.1) is 5.92 Å². The van der Waals surface area contributed by atoms with Gasteiger partial charge < -0.3 is 15.2 Å². The lowest BCUT2D eigenvalue weighted by Gasteiger charge is -2.14. The van der Waals surface area contributed by atoms with Gasteiger partial charge in [-0.3, -0.25) is 9.59 Å². The van der Waals surface area contributed by atoms with E-state index in [1.807, 2.05) is 13.8 Å². The van der Waals surface area contributed by atoms with Crippen molar-refractivity contribution in [2.75, 3.05) is 13.2 Å². The van der Waals surface area contributed by atoms with Crippen LogP contribution in [0.2, 0.25) is 0 Å². The highest BCUT2D eigenvalue weighted by Gasteiger charge is 2.12. The minimum Gasteiger partial charge on any atom is -0.481 e. The molecule has 0 rings (SSSR count). The predicted molar refractivity (Wildman–Crippen MR) is 74.0 cm³/mol. The van der Waals surface area contributed by atoms with Gasteiger partial charge in [-0.1, -0.05) is 20.3 Å². The van der Waals surface area contributed by atoms with E-state index in [-0.39, 0.29) is 17.9 Å². The van der Waals surface area contributed by atoms with Gasteiger partial charge in [0.05, 0.1) is 12.5 Å². The van der Waals surface area contributed by atoms with E-state index < -0.39 is 5.97 Å². The van der Waals surface area contributed by atoms with E-state index in [0.717, 1.165) is 19.3 Å². The number of carbonyl (C=O) groups is 2. The van der Waals surface area contributed by atoms with Crippen LogP contribution in [0.3, 0.4) is 0 Å². The number of carbonyl (C=O) groups excluding carboxylic acids is 1. The van der Waals surface area contributed by atoms with E-state index in [2.05, 4.69) is 5.32 Å². The summed E-state index contributed by atoms with van der Waals surface area (Å²) in [6.07, 6.45) is 3.60. The summed E-state index contributed by atoms with van der Waals surface area (Å²) in [5, 5.41) is 11.6. The third kappa shape index (κ3) is 10.5. The summed E-state index contributed by atoms with van der Waals surface area (Å²) >= 11 is 0. The lowest BCUT2D eigenvalue weighted by atomic mass is 10.0. The van der Waals surface area contributed by atoms with Gasteiger partial charge in [0.2, 0.25) is 5.91 Å². The monoisotopic (exact) mass is 273 g/mol. The van der Waals surface area contributed by atoms with Crippen molar-refractivity contribution in [3.05, 3.63) is 0 Å². The molecule has 0 aliphatic heterocycles. The number of carboxylic acids is 1. The molecule has 5 nitrogen and oxygen atoms in total. The molecule has 5 heteroatoms. The summed E-state index contributed by atoms with van der Waals surface area (Å²) in [6.45, 7) is 6.82. The Hall–Kier alpha value is -1.10. The molecule has 0 aliphatic carbocycles. The van der Waals surface area contributed by atoms with Crippen molar-refractivity contribution in [3.63, 3.8) is 0 Å². The fraction of sp³-hybridized carbons (Fsp3) is 0.857. The first-order chi connectivity index (χ1) is 8.97. The van der Waals surface area contributed by atoms with Gasteiger partial charge in [-0.2, -0.15) is 0 Å². The fourth-order valence-corrected chi connectivity index (χ4v) is 1.68. The number of aliphatic carboxylic acids is 1. The maximum atomic E-state index is 11.5. The van der Waals surface area contributed by atoms with Crippen molar-refractivity contribution in [1.82, 2.24) is 5.32 Å². The van der Waals surface area contributed by atoms with Gasteiger partial charge in [-0.25, -0.2) is 0 Å². The molecule has 0 spiro atoms. The van der Waals surface area contributed by atoms with Crippen LogP contribution < -0.4 is 5.32 Å². The lowest BCUT2D eigenvalue weighted by Crippen LogP contribution is -2.33. The molecule has 0 aromatic carbocycles. The van der Waals surface area contributed by atoms with Crippen LogP contribution in [0.1, 0.15) is 52.9 Å². The second-order valence-electron chi connectivity index (χ2n) is 5.00. The molecule has 0 aromatic heterocycles. The van der Waals surface area contributed by atoms with E-state index in [4.69, 9.17) is 9.84 Å². The minimum atomic E-state index is -0.759. The molecule has 2 unspecified atom stereocenters. The molecule has 0 saturated heterocycles. The smallest absolute Gasteiger partial charge is 0.306 e. The van der Waals surface area contributed by atoms with Crippen molar-refractivity contribution >= 4 is 11.9 Å². The van der Waals surface area contributed by atoms with Crippen molar-refractivity contribution < 1.29 is 19.4 Å². The quantitative estimate of drug-likeness (QED) is 0.566. The molecule has 0 saturated carbocycles. The summed E-state index contributed by atoms with van der Waals surface area (Å²) in [5.74, 6) is -1.08. The van der Waals surface area contributed by atoms with Crippen molar-refractivity contribution in [2.24, 2.45) is 5.92 Å². The van der Waals surface area contributed by atoms with E-state index >= 15 is 0 Å². The first kappa shape index (κ1) is 17.9.